The molecule has 1 fully saturated rings. The van der Waals surface area contributed by atoms with Crippen LogP contribution in [0.4, 0.5) is 4.39 Å². The number of likely N-dealkylation sites (tertiary alicyclic amines) is 1. The van der Waals surface area contributed by atoms with Crippen LogP contribution in [0.1, 0.15) is 30.4 Å². The van der Waals surface area contributed by atoms with Crippen LogP contribution in [0, 0.1) is 5.82 Å². The number of carboxylic acid groups (broad SMARTS) is 1. The lowest BCUT2D eigenvalue weighted by Gasteiger charge is -2.38. The number of halogens is 1. The molecule has 2 aliphatic rings. The molecule has 4 rings (SSSR count). The highest BCUT2D eigenvalue weighted by molar-refractivity contribution is 5.66. The first-order chi connectivity index (χ1) is 14.6. The molecule has 0 atom stereocenters. The molecule has 30 heavy (non-hydrogen) atoms. The third-order valence-electron chi connectivity index (χ3n) is 6.03. The lowest BCUT2D eigenvalue weighted by Crippen LogP contribution is -2.44. The van der Waals surface area contributed by atoms with Crippen LogP contribution in [0.15, 0.2) is 48.5 Å². The summed E-state index contributed by atoms with van der Waals surface area (Å²) in [6, 6.07) is 12.6. The molecule has 0 saturated carbocycles. The molecule has 6 heteroatoms. The molecule has 5 nitrogen and oxygen atoms in total. The summed E-state index contributed by atoms with van der Waals surface area (Å²) in [5.41, 5.74) is 1.77. The van der Waals surface area contributed by atoms with Crippen LogP contribution >= 0.6 is 0 Å². The average molecular weight is 411 g/mol. The van der Waals surface area contributed by atoms with Crippen LogP contribution in [0.25, 0.3) is 6.08 Å². The lowest BCUT2D eigenvalue weighted by atomic mass is 9.74. The van der Waals surface area contributed by atoms with Crippen molar-refractivity contribution in [3.05, 3.63) is 65.5 Å². The van der Waals surface area contributed by atoms with Crippen molar-refractivity contribution < 1.29 is 23.8 Å². The molecule has 0 aromatic heterocycles. The van der Waals surface area contributed by atoms with Gasteiger partial charge in [-0.1, -0.05) is 30.3 Å². The fraction of sp³-hybridized carbons (Fsp3) is 0.375. The van der Waals surface area contributed by atoms with E-state index in [0.717, 1.165) is 37.4 Å². The number of hydrogen-bond acceptors (Lipinski definition) is 4. The van der Waals surface area contributed by atoms with Gasteiger partial charge in [0, 0.05) is 29.2 Å². The van der Waals surface area contributed by atoms with Crippen molar-refractivity contribution in [1.82, 2.24) is 4.90 Å². The number of rotatable bonds is 7. The summed E-state index contributed by atoms with van der Waals surface area (Å²) in [6.07, 6.45) is 5.62. The number of aliphatic carboxylic acids is 1. The molecule has 2 heterocycles. The quantitative estimate of drug-likeness (QED) is 0.743. The summed E-state index contributed by atoms with van der Waals surface area (Å²) in [5, 5.41) is 8.87. The molecule has 1 spiro atoms. The molecule has 1 N–H and O–H groups in total. The summed E-state index contributed by atoms with van der Waals surface area (Å²) in [6.45, 7) is 3.37. The first-order valence-corrected chi connectivity index (χ1v) is 10.3. The zero-order chi connectivity index (χ0) is 21.0. The van der Waals surface area contributed by atoms with E-state index in [0.29, 0.717) is 25.3 Å². The predicted octanol–water partition coefficient (Wildman–Crippen LogP) is 4.12. The Morgan fingerprint density at radius 1 is 1.23 bits per heavy atom. The number of benzene rings is 2. The molecule has 2 aliphatic heterocycles. The molecular weight excluding hydrogens is 385 g/mol. The van der Waals surface area contributed by atoms with Gasteiger partial charge in [-0.25, -0.2) is 4.39 Å². The summed E-state index contributed by atoms with van der Waals surface area (Å²) in [7, 11) is 0. The Balaban J connectivity index is 1.34. The molecule has 2 aromatic rings. The van der Waals surface area contributed by atoms with Crippen LogP contribution in [0.3, 0.4) is 0 Å². The standard InChI is InChI=1S/C24H26FNO4/c25-21-6-2-1-4-18(21)5-3-15-29-19-7-8-20-22(16-19)30-17-24(20)10-13-26(14-11-24)12-9-23(27)28/h1-8,16H,9-15,17H2,(H,27,28). The maximum Gasteiger partial charge on any atom is 0.304 e. The summed E-state index contributed by atoms with van der Waals surface area (Å²) in [5.74, 6) is 0.590. The number of ether oxygens (including phenoxy) is 2. The van der Waals surface area contributed by atoms with Gasteiger partial charge in [0.05, 0.1) is 13.0 Å². The SMILES string of the molecule is O=C(O)CCN1CCC2(CC1)COc1cc(OCC=Cc3ccccc3F)ccc12. The monoisotopic (exact) mass is 411 g/mol. The van der Waals surface area contributed by atoms with Gasteiger partial charge >= 0.3 is 5.97 Å². The maximum absolute atomic E-state index is 13.6. The minimum Gasteiger partial charge on any atom is -0.492 e. The molecule has 0 amide bonds. The molecule has 0 radical (unpaired) electrons. The Labute approximate surface area is 175 Å². The molecular formula is C24H26FNO4. The van der Waals surface area contributed by atoms with E-state index in [1.165, 1.54) is 11.6 Å². The first-order valence-electron chi connectivity index (χ1n) is 10.3. The molecule has 0 unspecified atom stereocenters. The fourth-order valence-electron chi connectivity index (χ4n) is 4.25. The molecule has 0 bridgehead atoms. The summed E-state index contributed by atoms with van der Waals surface area (Å²) in [4.78, 5) is 13.0. The third kappa shape index (κ3) is 4.49. The predicted molar refractivity (Wildman–Crippen MR) is 112 cm³/mol. The summed E-state index contributed by atoms with van der Waals surface area (Å²) < 4.78 is 25.4. The highest BCUT2D eigenvalue weighted by Crippen LogP contribution is 2.46. The largest absolute Gasteiger partial charge is 0.492 e. The van der Waals surface area contributed by atoms with Gasteiger partial charge in [-0.2, -0.15) is 0 Å². The number of hydrogen-bond donors (Lipinski definition) is 1. The number of carboxylic acids is 1. The highest BCUT2D eigenvalue weighted by Gasteiger charge is 2.43. The van der Waals surface area contributed by atoms with Crippen molar-refractivity contribution >= 4 is 12.0 Å². The summed E-state index contributed by atoms with van der Waals surface area (Å²) >= 11 is 0. The third-order valence-corrected chi connectivity index (χ3v) is 6.03. The molecule has 2 aromatic carbocycles. The van der Waals surface area contributed by atoms with E-state index in [1.807, 2.05) is 12.1 Å². The zero-order valence-corrected chi connectivity index (χ0v) is 16.9. The van der Waals surface area contributed by atoms with Crippen molar-refractivity contribution in [3.8, 4) is 11.5 Å². The molecule has 158 valence electrons. The van der Waals surface area contributed by atoms with Gasteiger partial charge in [0.1, 0.15) is 23.9 Å². The van der Waals surface area contributed by atoms with Crippen molar-refractivity contribution in [2.24, 2.45) is 0 Å². The van der Waals surface area contributed by atoms with Crippen LogP contribution in [0.5, 0.6) is 11.5 Å². The van der Waals surface area contributed by atoms with Crippen LogP contribution in [-0.2, 0) is 10.2 Å². The van der Waals surface area contributed by atoms with E-state index >= 15 is 0 Å². The van der Waals surface area contributed by atoms with E-state index in [1.54, 1.807) is 30.4 Å². The van der Waals surface area contributed by atoms with Gasteiger partial charge in [-0.3, -0.25) is 4.79 Å². The van der Waals surface area contributed by atoms with E-state index < -0.39 is 5.97 Å². The van der Waals surface area contributed by atoms with E-state index in [9.17, 15) is 9.18 Å². The Kier molecular flexibility index (Phi) is 6.04. The number of nitrogens with zero attached hydrogens (tertiary/aromatic N) is 1. The lowest BCUT2D eigenvalue weighted by molar-refractivity contribution is -0.137. The highest BCUT2D eigenvalue weighted by atomic mass is 19.1. The fourth-order valence-corrected chi connectivity index (χ4v) is 4.25. The topological polar surface area (TPSA) is 59.0 Å². The van der Waals surface area contributed by atoms with Gasteiger partial charge in [-0.15, -0.1) is 0 Å². The normalized spacial score (nSPS) is 17.8. The van der Waals surface area contributed by atoms with Gasteiger partial charge in [0.25, 0.3) is 0 Å². The minimum atomic E-state index is -0.749. The Bertz CT molecular complexity index is 935. The van der Waals surface area contributed by atoms with Crippen LogP contribution in [-0.4, -0.2) is 48.8 Å². The van der Waals surface area contributed by atoms with Crippen LogP contribution in [0.2, 0.25) is 0 Å². The zero-order valence-electron chi connectivity index (χ0n) is 16.9. The van der Waals surface area contributed by atoms with E-state index in [2.05, 4.69) is 11.0 Å². The van der Waals surface area contributed by atoms with Crippen molar-refractivity contribution in [2.75, 3.05) is 32.8 Å². The molecule has 0 aliphatic carbocycles. The maximum atomic E-state index is 13.6. The Morgan fingerprint density at radius 3 is 2.80 bits per heavy atom. The minimum absolute atomic E-state index is 0.0122. The number of piperidine rings is 1. The second-order valence-corrected chi connectivity index (χ2v) is 7.95. The van der Waals surface area contributed by atoms with E-state index in [4.69, 9.17) is 14.6 Å². The van der Waals surface area contributed by atoms with Crippen LogP contribution < -0.4 is 9.47 Å². The Hall–Kier alpha value is -2.86. The van der Waals surface area contributed by atoms with Gasteiger partial charge in [0.15, 0.2) is 0 Å². The van der Waals surface area contributed by atoms with Gasteiger partial charge in [0.2, 0.25) is 0 Å². The van der Waals surface area contributed by atoms with Crippen molar-refractivity contribution in [1.29, 1.82) is 0 Å². The van der Waals surface area contributed by atoms with Crippen molar-refractivity contribution in [2.45, 2.75) is 24.7 Å². The second kappa shape index (κ2) is 8.88. The average Bonchev–Trinajstić information content (AvgIpc) is 3.09. The Morgan fingerprint density at radius 2 is 2.03 bits per heavy atom. The van der Waals surface area contributed by atoms with Gasteiger partial charge < -0.3 is 19.5 Å². The smallest absolute Gasteiger partial charge is 0.304 e. The van der Waals surface area contributed by atoms with Crippen molar-refractivity contribution in [3.63, 3.8) is 0 Å². The number of fused-ring (bicyclic) bond motifs is 2. The molecule has 1 saturated heterocycles. The number of carbonyl (C=O) groups is 1. The first kappa shape index (κ1) is 20.4. The second-order valence-electron chi connectivity index (χ2n) is 7.95. The van der Waals surface area contributed by atoms with E-state index in [-0.39, 0.29) is 17.7 Å². The van der Waals surface area contributed by atoms with Gasteiger partial charge in [-0.05, 0) is 44.1 Å².